The van der Waals surface area contributed by atoms with E-state index in [0.29, 0.717) is 12.2 Å². The summed E-state index contributed by atoms with van der Waals surface area (Å²) in [5, 5.41) is 6.66. The lowest BCUT2D eigenvalue weighted by molar-refractivity contribution is 0.0776. The number of hydrogen-bond acceptors (Lipinski definition) is 3. The highest BCUT2D eigenvalue weighted by atomic mass is 32.1. The maximum atomic E-state index is 13.2. The largest absolute Gasteiger partial charge is 0.336 e. The number of nitrogens with zero attached hydrogens (tertiary/aromatic N) is 3. The van der Waals surface area contributed by atoms with Crippen LogP contribution < -0.4 is 0 Å². The second kappa shape index (κ2) is 7.78. The Morgan fingerprint density at radius 3 is 2.50 bits per heavy atom. The van der Waals surface area contributed by atoms with E-state index >= 15 is 0 Å². The van der Waals surface area contributed by atoms with Crippen LogP contribution in [0.1, 0.15) is 16.1 Å². The summed E-state index contributed by atoms with van der Waals surface area (Å²) in [5.41, 5.74) is 2.93. The fourth-order valence-electron chi connectivity index (χ4n) is 2.98. The maximum absolute atomic E-state index is 13.2. The van der Waals surface area contributed by atoms with Crippen molar-refractivity contribution in [3.63, 3.8) is 0 Å². The molecule has 4 aromatic rings. The van der Waals surface area contributed by atoms with Crippen molar-refractivity contribution >= 4 is 17.2 Å². The minimum absolute atomic E-state index is 0.150. The van der Waals surface area contributed by atoms with Crippen LogP contribution in [-0.2, 0) is 6.54 Å². The number of rotatable bonds is 5. The van der Waals surface area contributed by atoms with Gasteiger partial charge in [-0.05, 0) is 47.3 Å². The average molecular weight is 391 g/mol. The Bertz CT molecular complexity index is 1070. The summed E-state index contributed by atoms with van der Waals surface area (Å²) in [6.45, 7) is 0.382. The molecule has 0 atom stereocenters. The zero-order valence-corrected chi connectivity index (χ0v) is 16.1. The molecule has 0 radical (unpaired) electrons. The normalized spacial score (nSPS) is 10.8. The van der Waals surface area contributed by atoms with Crippen molar-refractivity contribution < 1.29 is 9.18 Å². The summed E-state index contributed by atoms with van der Waals surface area (Å²) >= 11 is 1.58. The van der Waals surface area contributed by atoms with E-state index in [2.05, 4.69) is 5.10 Å². The van der Waals surface area contributed by atoms with Crippen molar-refractivity contribution in [1.29, 1.82) is 0 Å². The Balaban J connectivity index is 1.68. The van der Waals surface area contributed by atoms with Crippen molar-refractivity contribution in [2.24, 2.45) is 0 Å². The third-order valence-electron chi connectivity index (χ3n) is 4.38. The number of thiophene rings is 1. The molecule has 0 bridgehead atoms. The van der Waals surface area contributed by atoms with E-state index in [-0.39, 0.29) is 11.7 Å². The van der Waals surface area contributed by atoms with Gasteiger partial charge in [-0.1, -0.05) is 36.4 Å². The molecule has 28 heavy (non-hydrogen) atoms. The predicted octanol–water partition coefficient (Wildman–Crippen LogP) is 5.01. The maximum Gasteiger partial charge on any atom is 0.272 e. The van der Waals surface area contributed by atoms with E-state index in [9.17, 15) is 9.18 Å². The zero-order valence-electron chi connectivity index (χ0n) is 15.2. The molecule has 0 aliphatic heterocycles. The quantitative estimate of drug-likeness (QED) is 0.479. The smallest absolute Gasteiger partial charge is 0.272 e. The molecule has 2 aromatic heterocycles. The van der Waals surface area contributed by atoms with Crippen molar-refractivity contribution in [2.75, 3.05) is 7.05 Å². The van der Waals surface area contributed by atoms with Crippen LogP contribution in [0.3, 0.4) is 0 Å². The Morgan fingerprint density at radius 2 is 1.82 bits per heavy atom. The third-order valence-corrected chi connectivity index (χ3v) is 5.27. The molecular formula is C22H18FN3OS. The molecule has 4 rings (SSSR count). The summed E-state index contributed by atoms with van der Waals surface area (Å²) in [7, 11) is 1.73. The molecule has 140 valence electrons. The van der Waals surface area contributed by atoms with Gasteiger partial charge in [0.2, 0.25) is 0 Å². The van der Waals surface area contributed by atoms with Gasteiger partial charge in [0, 0.05) is 13.6 Å². The second-order valence-electron chi connectivity index (χ2n) is 6.43. The van der Waals surface area contributed by atoms with E-state index in [1.54, 1.807) is 40.1 Å². The Labute approximate surface area is 166 Å². The summed E-state index contributed by atoms with van der Waals surface area (Å²) in [6.07, 6.45) is 0. The summed E-state index contributed by atoms with van der Waals surface area (Å²) in [4.78, 5) is 15.8. The fraction of sp³-hybridized carbons (Fsp3) is 0.0909. The van der Waals surface area contributed by atoms with Crippen LogP contribution >= 0.6 is 11.3 Å². The van der Waals surface area contributed by atoms with Crippen LogP contribution in [0.2, 0.25) is 0 Å². The van der Waals surface area contributed by atoms with E-state index in [1.807, 2.05) is 53.9 Å². The van der Waals surface area contributed by atoms with E-state index in [1.165, 1.54) is 12.1 Å². The monoisotopic (exact) mass is 391 g/mol. The van der Waals surface area contributed by atoms with E-state index in [4.69, 9.17) is 0 Å². The summed E-state index contributed by atoms with van der Waals surface area (Å²) < 4.78 is 14.8. The average Bonchev–Trinajstić information content (AvgIpc) is 3.39. The van der Waals surface area contributed by atoms with Crippen molar-refractivity contribution in [3.8, 4) is 16.3 Å². The SMILES string of the molecule is CN(Cc1ccc(F)cc1)C(=O)c1cc(-c2cccs2)nn1-c1ccccc1. The minimum Gasteiger partial charge on any atom is -0.336 e. The topological polar surface area (TPSA) is 38.1 Å². The standard InChI is InChI=1S/C22H18FN3OS/c1-25(15-16-9-11-17(23)12-10-16)22(27)20-14-19(21-8-5-13-28-21)24-26(20)18-6-3-2-4-7-18/h2-14H,15H2,1H3. The molecule has 1 amide bonds. The number of para-hydroxylation sites is 1. The highest BCUT2D eigenvalue weighted by molar-refractivity contribution is 7.13. The molecule has 0 aliphatic rings. The van der Waals surface area contributed by atoms with Gasteiger partial charge in [0.05, 0.1) is 10.6 Å². The van der Waals surface area contributed by atoms with Gasteiger partial charge in [0.25, 0.3) is 5.91 Å². The first-order valence-electron chi connectivity index (χ1n) is 8.81. The number of amides is 1. The molecule has 4 nitrogen and oxygen atoms in total. The molecule has 0 saturated carbocycles. The molecule has 0 N–H and O–H groups in total. The van der Waals surface area contributed by atoms with Crippen LogP contribution in [0.25, 0.3) is 16.3 Å². The molecule has 0 saturated heterocycles. The van der Waals surface area contributed by atoms with E-state index in [0.717, 1.165) is 21.8 Å². The summed E-state index contributed by atoms with van der Waals surface area (Å²) in [5.74, 6) is -0.441. The van der Waals surface area contributed by atoms with Crippen molar-refractivity contribution in [1.82, 2.24) is 14.7 Å². The van der Waals surface area contributed by atoms with Gasteiger partial charge in [-0.3, -0.25) is 4.79 Å². The number of benzene rings is 2. The molecular weight excluding hydrogens is 373 g/mol. The van der Waals surface area contributed by atoms with Crippen molar-refractivity contribution in [3.05, 3.63) is 95.3 Å². The van der Waals surface area contributed by atoms with Crippen LogP contribution in [0.4, 0.5) is 4.39 Å². The Hall–Kier alpha value is -3.25. The number of carbonyl (C=O) groups excluding carboxylic acids is 1. The summed E-state index contributed by atoms with van der Waals surface area (Å²) in [6, 6.07) is 21.5. The van der Waals surface area contributed by atoms with Crippen LogP contribution in [0.15, 0.2) is 78.2 Å². The minimum atomic E-state index is -0.291. The zero-order chi connectivity index (χ0) is 19.5. The fourth-order valence-corrected chi connectivity index (χ4v) is 3.66. The van der Waals surface area contributed by atoms with E-state index < -0.39 is 0 Å². The van der Waals surface area contributed by atoms with Gasteiger partial charge in [0.1, 0.15) is 17.2 Å². The lowest BCUT2D eigenvalue weighted by Crippen LogP contribution is -2.28. The number of carbonyl (C=O) groups is 1. The van der Waals surface area contributed by atoms with Crippen molar-refractivity contribution in [2.45, 2.75) is 6.54 Å². The van der Waals surface area contributed by atoms with Gasteiger partial charge in [-0.25, -0.2) is 9.07 Å². The van der Waals surface area contributed by atoms with Gasteiger partial charge >= 0.3 is 0 Å². The molecule has 6 heteroatoms. The molecule has 0 aliphatic carbocycles. The number of halogens is 1. The van der Waals surface area contributed by atoms with Gasteiger partial charge in [-0.15, -0.1) is 11.3 Å². The molecule has 2 aromatic carbocycles. The number of hydrogen-bond donors (Lipinski definition) is 0. The van der Waals surface area contributed by atoms with Gasteiger partial charge in [0.15, 0.2) is 0 Å². The molecule has 2 heterocycles. The Kier molecular flexibility index (Phi) is 5.04. The first-order valence-corrected chi connectivity index (χ1v) is 9.69. The lowest BCUT2D eigenvalue weighted by atomic mass is 10.2. The highest BCUT2D eigenvalue weighted by Gasteiger charge is 2.21. The highest BCUT2D eigenvalue weighted by Crippen LogP contribution is 2.26. The van der Waals surface area contributed by atoms with Crippen LogP contribution in [-0.4, -0.2) is 27.6 Å². The van der Waals surface area contributed by atoms with Gasteiger partial charge < -0.3 is 4.90 Å². The molecule has 0 unspecified atom stereocenters. The third kappa shape index (κ3) is 3.73. The lowest BCUT2D eigenvalue weighted by Gasteiger charge is -2.18. The first-order chi connectivity index (χ1) is 13.6. The Morgan fingerprint density at radius 1 is 1.07 bits per heavy atom. The van der Waals surface area contributed by atoms with Crippen LogP contribution in [0, 0.1) is 5.82 Å². The first kappa shape index (κ1) is 18.1. The number of aromatic nitrogens is 2. The second-order valence-corrected chi connectivity index (χ2v) is 7.37. The predicted molar refractivity (Wildman–Crippen MR) is 109 cm³/mol. The molecule has 0 fully saturated rings. The molecule has 0 spiro atoms. The van der Waals surface area contributed by atoms with Crippen LogP contribution in [0.5, 0.6) is 0 Å². The van der Waals surface area contributed by atoms with Gasteiger partial charge in [-0.2, -0.15) is 5.10 Å².